The fraction of sp³-hybridized carbons (Fsp3) is 0.214. The fourth-order valence-electron chi connectivity index (χ4n) is 1.74. The highest BCUT2D eigenvalue weighted by Gasteiger charge is 2.31. The lowest BCUT2D eigenvalue weighted by molar-refractivity contribution is -0.137. The first-order valence-electron chi connectivity index (χ1n) is 6.16. The van der Waals surface area contributed by atoms with E-state index in [1.165, 1.54) is 19.5 Å². The van der Waals surface area contributed by atoms with E-state index in [1.807, 2.05) is 0 Å². The van der Waals surface area contributed by atoms with Crippen LogP contribution in [0.15, 0.2) is 30.6 Å². The summed E-state index contributed by atoms with van der Waals surface area (Å²) in [6.07, 6.45) is -1.83. The highest BCUT2D eigenvalue weighted by molar-refractivity contribution is 6.03. The first kappa shape index (κ1) is 15.7. The van der Waals surface area contributed by atoms with Gasteiger partial charge in [0.05, 0.1) is 30.3 Å². The molecule has 0 aliphatic rings. The molecule has 0 saturated carbocycles. The van der Waals surface area contributed by atoms with E-state index in [9.17, 15) is 18.0 Å². The molecule has 0 aliphatic heterocycles. The number of anilines is 1. The van der Waals surface area contributed by atoms with Gasteiger partial charge in [-0.25, -0.2) is 4.98 Å². The number of alkyl halides is 3. The Morgan fingerprint density at radius 1 is 1.27 bits per heavy atom. The number of benzene rings is 1. The summed E-state index contributed by atoms with van der Waals surface area (Å²) in [5.74, 6) is -0.559. The molecular formula is C14H12F3N3O2. The van der Waals surface area contributed by atoms with Gasteiger partial charge in [0.2, 0.25) is 0 Å². The maximum absolute atomic E-state index is 12.7. The van der Waals surface area contributed by atoms with E-state index < -0.39 is 17.6 Å². The van der Waals surface area contributed by atoms with E-state index in [4.69, 9.17) is 4.74 Å². The van der Waals surface area contributed by atoms with Crippen molar-refractivity contribution in [1.29, 1.82) is 0 Å². The summed E-state index contributed by atoms with van der Waals surface area (Å²) in [5.41, 5.74) is -0.465. The molecule has 2 rings (SSSR count). The Balaban J connectivity index is 2.33. The van der Waals surface area contributed by atoms with Crippen LogP contribution >= 0.6 is 0 Å². The van der Waals surface area contributed by atoms with Crippen LogP contribution in [0.1, 0.15) is 21.7 Å². The molecule has 1 N–H and O–H groups in total. The van der Waals surface area contributed by atoms with Gasteiger partial charge in [-0.2, -0.15) is 13.2 Å². The van der Waals surface area contributed by atoms with E-state index in [1.54, 1.807) is 6.92 Å². The summed E-state index contributed by atoms with van der Waals surface area (Å²) in [7, 11) is 1.30. The van der Waals surface area contributed by atoms with Crippen LogP contribution in [0, 0.1) is 6.92 Å². The zero-order valence-corrected chi connectivity index (χ0v) is 11.7. The van der Waals surface area contributed by atoms with Gasteiger partial charge in [0.25, 0.3) is 5.91 Å². The Morgan fingerprint density at radius 2 is 2.00 bits per heavy atom. The van der Waals surface area contributed by atoms with Crippen molar-refractivity contribution in [2.45, 2.75) is 13.1 Å². The average molecular weight is 311 g/mol. The van der Waals surface area contributed by atoms with E-state index in [0.29, 0.717) is 5.69 Å². The van der Waals surface area contributed by atoms with Crippen molar-refractivity contribution in [3.63, 3.8) is 0 Å². The standard InChI is InChI=1S/C14H12F3N3O2/c1-8-6-18-7-11(19-8)13(21)20-10-5-9(14(15,16)17)3-4-12(10)22-2/h3-7H,1-2H3,(H,20,21). The summed E-state index contributed by atoms with van der Waals surface area (Å²) in [6, 6.07) is 2.82. The summed E-state index contributed by atoms with van der Waals surface area (Å²) in [4.78, 5) is 19.8. The smallest absolute Gasteiger partial charge is 0.416 e. The summed E-state index contributed by atoms with van der Waals surface area (Å²) < 4.78 is 43.2. The molecule has 1 heterocycles. The number of hydrogen-bond donors (Lipinski definition) is 1. The third-order valence-corrected chi connectivity index (χ3v) is 2.76. The Morgan fingerprint density at radius 3 is 2.59 bits per heavy atom. The monoisotopic (exact) mass is 311 g/mol. The van der Waals surface area contributed by atoms with Crippen LogP contribution in [0.25, 0.3) is 0 Å². The van der Waals surface area contributed by atoms with Crippen LogP contribution < -0.4 is 10.1 Å². The Bertz CT molecular complexity index is 702. The van der Waals surface area contributed by atoms with Crippen molar-refractivity contribution in [3.8, 4) is 5.75 Å². The minimum Gasteiger partial charge on any atom is -0.495 e. The number of carbonyl (C=O) groups excluding carboxylic acids is 1. The molecule has 8 heteroatoms. The van der Waals surface area contributed by atoms with Gasteiger partial charge >= 0.3 is 6.18 Å². The third kappa shape index (κ3) is 3.51. The van der Waals surface area contributed by atoms with Crippen molar-refractivity contribution < 1.29 is 22.7 Å². The first-order valence-corrected chi connectivity index (χ1v) is 6.16. The Hall–Kier alpha value is -2.64. The number of ether oxygens (including phenoxy) is 1. The fourth-order valence-corrected chi connectivity index (χ4v) is 1.74. The van der Waals surface area contributed by atoms with Crippen LogP contribution in [0.2, 0.25) is 0 Å². The van der Waals surface area contributed by atoms with Crippen LogP contribution in [-0.2, 0) is 6.18 Å². The average Bonchev–Trinajstić information content (AvgIpc) is 2.46. The van der Waals surface area contributed by atoms with Gasteiger partial charge in [0, 0.05) is 6.20 Å². The lowest BCUT2D eigenvalue weighted by atomic mass is 10.1. The molecular weight excluding hydrogens is 299 g/mol. The number of nitrogens with zero attached hydrogens (tertiary/aromatic N) is 2. The maximum Gasteiger partial charge on any atom is 0.416 e. The Kier molecular flexibility index (Phi) is 4.30. The van der Waals surface area contributed by atoms with Crippen molar-refractivity contribution >= 4 is 11.6 Å². The summed E-state index contributed by atoms with van der Waals surface area (Å²) >= 11 is 0. The molecule has 1 aromatic heterocycles. The van der Waals surface area contributed by atoms with E-state index in [2.05, 4.69) is 15.3 Å². The number of nitrogens with one attached hydrogen (secondary N) is 1. The number of hydrogen-bond acceptors (Lipinski definition) is 4. The minimum atomic E-state index is -4.52. The highest BCUT2D eigenvalue weighted by atomic mass is 19.4. The second-order valence-electron chi connectivity index (χ2n) is 4.41. The van der Waals surface area contributed by atoms with Gasteiger partial charge in [-0.05, 0) is 25.1 Å². The van der Waals surface area contributed by atoms with Gasteiger partial charge in [-0.1, -0.05) is 0 Å². The molecule has 0 unspecified atom stereocenters. The van der Waals surface area contributed by atoms with Crippen molar-refractivity contribution in [3.05, 3.63) is 47.5 Å². The number of aryl methyl sites for hydroxylation is 1. The van der Waals surface area contributed by atoms with Gasteiger partial charge < -0.3 is 10.1 Å². The van der Waals surface area contributed by atoms with Gasteiger partial charge in [-0.3, -0.25) is 9.78 Å². The quantitative estimate of drug-likeness (QED) is 0.946. The van der Waals surface area contributed by atoms with E-state index >= 15 is 0 Å². The van der Waals surface area contributed by atoms with Gasteiger partial charge in [0.1, 0.15) is 11.4 Å². The largest absolute Gasteiger partial charge is 0.495 e. The topological polar surface area (TPSA) is 64.1 Å². The second-order valence-corrected chi connectivity index (χ2v) is 4.41. The number of carbonyl (C=O) groups is 1. The molecule has 116 valence electrons. The van der Waals surface area contributed by atoms with Crippen molar-refractivity contribution in [1.82, 2.24) is 9.97 Å². The van der Waals surface area contributed by atoms with Crippen LogP contribution in [0.3, 0.4) is 0 Å². The molecule has 0 fully saturated rings. The molecule has 5 nitrogen and oxygen atoms in total. The normalized spacial score (nSPS) is 11.1. The van der Waals surface area contributed by atoms with Crippen LogP contribution in [0.5, 0.6) is 5.75 Å². The predicted octanol–water partition coefficient (Wildman–Crippen LogP) is 3.06. The molecule has 22 heavy (non-hydrogen) atoms. The predicted molar refractivity (Wildman–Crippen MR) is 72.7 cm³/mol. The molecule has 0 aliphatic carbocycles. The molecule has 0 bridgehead atoms. The minimum absolute atomic E-state index is 0.000496. The lowest BCUT2D eigenvalue weighted by Gasteiger charge is -2.13. The molecule has 0 spiro atoms. The number of methoxy groups -OCH3 is 1. The number of aromatic nitrogens is 2. The Labute approximate surface area is 124 Å². The number of rotatable bonds is 3. The summed E-state index contributed by atoms with van der Waals surface area (Å²) in [6.45, 7) is 1.65. The second kappa shape index (κ2) is 6.00. The van der Waals surface area contributed by atoms with E-state index in [-0.39, 0.29) is 17.1 Å². The molecule has 1 aromatic carbocycles. The first-order chi connectivity index (χ1) is 10.3. The summed E-state index contributed by atoms with van der Waals surface area (Å²) in [5, 5.41) is 2.35. The van der Waals surface area contributed by atoms with Gasteiger partial charge in [-0.15, -0.1) is 0 Å². The molecule has 0 atom stereocenters. The molecule has 0 saturated heterocycles. The zero-order chi connectivity index (χ0) is 16.3. The van der Waals surface area contributed by atoms with Crippen LogP contribution in [0.4, 0.5) is 18.9 Å². The molecule has 2 aromatic rings. The maximum atomic E-state index is 12.7. The SMILES string of the molecule is COc1ccc(C(F)(F)F)cc1NC(=O)c1cncc(C)n1. The van der Waals surface area contributed by atoms with E-state index in [0.717, 1.165) is 18.2 Å². The van der Waals surface area contributed by atoms with Gasteiger partial charge in [0.15, 0.2) is 0 Å². The van der Waals surface area contributed by atoms with Crippen LogP contribution in [-0.4, -0.2) is 23.0 Å². The molecule has 0 radical (unpaired) electrons. The van der Waals surface area contributed by atoms with Crippen molar-refractivity contribution in [2.24, 2.45) is 0 Å². The zero-order valence-electron chi connectivity index (χ0n) is 11.7. The lowest BCUT2D eigenvalue weighted by Crippen LogP contribution is -2.16. The molecule has 1 amide bonds. The van der Waals surface area contributed by atoms with Crippen molar-refractivity contribution in [2.75, 3.05) is 12.4 Å². The number of halogens is 3. The highest BCUT2D eigenvalue weighted by Crippen LogP contribution is 2.35. The number of amides is 1. The third-order valence-electron chi connectivity index (χ3n) is 2.76.